The van der Waals surface area contributed by atoms with Gasteiger partial charge in [0.1, 0.15) is 17.2 Å². The van der Waals surface area contributed by atoms with Crippen molar-refractivity contribution >= 4 is 35.2 Å². The van der Waals surface area contributed by atoms with Gasteiger partial charge in [0.05, 0.1) is 25.5 Å². The Morgan fingerprint density at radius 1 is 1.00 bits per heavy atom. The van der Waals surface area contributed by atoms with Crippen LogP contribution < -0.4 is 14.5 Å². The number of amides is 4. The van der Waals surface area contributed by atoms with Crippen LogP contribution in [0.4, 0.5) is 21.1 Å². The lowest BCUT2D eigenvalue weighted by molar-refractivity contribution is -0.129. The molecule has 4 heterocycles. The molecule has 212 valence electrons. The van der Waals surface area contributed by atoms with Crippen molar-refractivity contribution in [3.05, 3.63) is 54.4 Å². The van der Waals surface area contributed by atoms with Crippen molar-refractivity contribution in [2.45, 2.75) is 45.8 Å². The highest BCUT2D eigenvalue weighted by molar-refractivity contribution is 6.05. The third-order valence-corrected chi connectivity index (χ3v) is 7.07. The molecule has 0 N–H and O–H groups in total. The number of carbonyl (C=O) groups excluding carboxylic acids is 3. The molecule has 2 saturated heterocycles. The number of hydrogen-bond donors (Lipinski definition) is 0. The number of nitrogens with zero attached hydrogens (tertiary/aromatic N) is 6. The van der Waals surface area contributed by atoms with Gasteiger partial charge in [-0.3, -0.25) is 19.0 Å². The van der Waals surface area contributed by atoms with E-state index in [-0.39, 0.29) is 37.5 Å². The normalized spacial score (nSPS) is 16.9. The van der Waals surface area contributed by atoms with Gasteiger partial charge >= 0.3 is 12.1 Å². The summed E-state index contributed by atoms with van der Waals surface area (Å²) in [6.07, 6.45) is 4.28. The van der Waals surface area contributed by atoms with Crippen molar-refractivity contribution < 1.29 is 23.9 Å². The number of fused-ring (bicyclic) bond motifs is 1. The van der Waals surface area contributed by atoms with Crippen LogP contribution in [0, 0.1) is 0 Å². The van der Waals surface area contributed by atoms with Crippen molar-refractivity contribution in [1.29, 1.82) is 0 Å². The molecule has 5 rings (SSSR count). The van der Waals surface area contributed by atoms with Crippen LogP contribution in [0.1, 0.15) is 39.2 Å². The third kappa shape index (κ3) is 5.68. The number of urea groups is 1. The van der Waals surface area contributed by atoms with Gasteiger partial charge in [-0.25, -0.2) is 14.6 Å². The van der Waals surface area contributed by atoms with Gasteiger partial charge in [0, 0.05) is 45.3 Å². The van der Waals surface area contributed by atoms with E-state index in [1.807, 2.05) is 67.8 Å². The van der Waals surface area contributed by atoms with E-state index in [2.05, 4.69) is 9.88 Å². The van der Waals surface area contributed by atoms with Crippen molar-refractivity contribution in [3.63, 3.8) is 0 Å². The van der Waals surface area contributed by atoms with Crippen LogP contribution >= 0.6 is 0 Å². The Morgan fingerprint density at radius 3 is 2.50 bits per heavy atom. The predicted molar refractivity (Wildman–Crippen MR) is 151 cm³/mol. The zero-order valence-electron chi connectivity index (χ0n) is 23.5. The predicted octanol–water partition coefficient (Wildman–Crippen LogP) is 4.15. The minimum absolute atomic E-state index is 0.183. The van der Waals surface area contributed by atoms with Gasteiger partial charge in [-0.2, -0.15) is 0 Å². The molecular formula is C29H36N6O5. The average molecular weight is 549 g/mol. The van der Waals surface area contributed by atoms with Gasteiger partial charge in [-0.1, -0.05) is 12.1 Å². The first-order valence-electron chi connectivity index (χ1n) is 13.6. The summed E-state index contributed by atoms with van der Waals surface area (Å²) in [5.41, 5.74) is 1.94. The molecule has 2 aliphatic rings. The molecular weight excluding hydrogens is 512 g/mol. The lowest BCUT2D eigenvalue weighted by Gasteiger charge is -2.33. The Bertz CT molecular complexity index is 1400. The lowest BCUT2D eigenvalue weighted by Crippen LogP contribution is -2.52. The standard InChI is InChI=1S/C29H36N6O5/c1-29(2,3)40-28(38)32-14-6-13-31(17-18-32)23-7-5-15-33-24(19-30-26(23)33)34-16-12-25(36)35(27(34)37)20-21-8-10-22(39-4)11-9-21/h5,7-11,15,19H,6,12-14,16-18,20H2,1-4H3. The Labute approximate surface area is 233 Å². The lowest BCUT2D eigenvalue weighted by atomic mass is 10.2. The molecule has 0 saturated carbocycles. The van der Waals surface area contributed by atoms with Crippen LogP contribution in [0.25, 0.3) is 5.65 Å². The van der Waals surface area contributed by atoms with Gasteiger partial charge in [0.2, 0.25) is 5.91 Å². The fraction of sp³-hybridized carbons (Fsp3) is 0.448. The first-order valence-corrected chi connectivity index (χ1v) is 13.6. The number of rotatable bonds is 5. The summed E-state index contributed by atoms with van der Waals surface area (Å²) in [6.45, 7) is 8.62. The number of pyridine rings is 1. The summed E-state index contributed by atoms with van der Waals surface area (Å²) in [6, 6.07) is 10.9. The minimum atomic E-state index is -0.540. The number of imide groups is 1. The second kappa shape index (κ2) is 11.1. The maximum absolute atomic E-state index is 13.5. The van der Waals surface area contributed by atoms with Crippen molar-refractivity contribution in [1.82, 2.24) is 19.2 Å². The highest BCUT2D eigenvalue weighted by Crippen LogP contribution is 2.29. The molecule has 0 bridgehead atoms. The van der Waals surface area contributed by atoms with Crippen LogP contribution in [-0.4, -0.2) is 82.7 Å². The van der Waals surface area contributed by atoms with E-state index in [0.717, 1.165) is 29.9 Å². The van der Waals surface area contributed by atoms with Crippen LogP contribution in [-0.2, 0) is 16.1 Å². The number of anilines is 2. The fourth-order valence-corrected chi connectivity index (χ4v) is 5.07. The number of aromatic nitrogens is 2. The number of hydrogen-bond acceptors (Lipinski definition) is 7. The van der Waals surface area contributed by atoms with Crippen molar-refractivity contribution in [2.24, 2.45) is 0 Å². The topological polar surface area (TPSA) is 99.9 Å². The maximum Gasteiger partial charge on any atom is 0.410 e. The number of methoxy groups -OCH3 is 1. The summed E-state index contributed by atoms with van der Waals surface area (Å²) in [5.74, 6) is 1.12. The summed E-state index contributed by atoms with van der Waals surface area (Å²) in [7, 11) is 1.59. The molecule has 2 aromatic heterocycles. The van der Waals surface area contributed by atoms with Gasteiger partial charge in [0.15, 0.2) is 5.65 Å². The summed E-state index contributed by atoms with van der Waals surface area (Å²) in [5, 5.41) is 0. The number of ether oxygens (including phenoxy) is 2. The first kappa shape index (κ1) is 27.3. The molecule has 3 aromatic rings. The summed E-state index contributed by atoms with van der Waals surface area (Å²) < 4.78 is 12.7. The van der Waals surface area contributed by atoms with Gasteiger partial charge in [-0.15, -0.1) is 0 Å². The second-order valence-corrected chi connectivity index (χ2v) is 11.0. The average Bonchev–Trinajstić information content (AvgIpc) is 3.19. The van der Waals surface area contributed by atoms with Crippen molar-refractivity contribution in [2.75, 3.05) is 49.6 Å². The van der Waals surface area contributed by atoms with E-state index in [4.69, 9.17) is 9.47 Å². The molecule has 1 aromatic carbocycles. The van der Waals surface area contributed by atoms with E-state index in [1.54, 1.807) is 23.1 Å². The zero-order chi connectivity index (χ0) is 28.4. The van der Waals surface area contributed by atoms with Gasteiger partial charge in [-0.05, 0) is 57.0 Å². The Balaban J connectivity index is 1.34. The molecule has 4 amide bonds. The van der Waals surface area contributed by atoms with Crippen LogP contribution in [0.2, 0.25) is 0 Å². The van der Waals surface area contributed by atoms with E-state index in [0.29, 0.717) is 31.2 Å². The zero-order valence-corrected chi connectivity index (χ0v) is 23.5. The maximum atomic E-state index is 13.5. The molecule has 0 unspecified atom stereocenters. The van der Waals surface area contributed by atoms with E-state index < -0.39 is 5.60 Å². The molecule has 0 radical (unpaired) electrons. The monoisotopic (exact) mass is 548 g/mol. The van der Waals surface area contributed by atoms with E-state index in [9.17, 15) is 14.4 Å². The van der Waals surface area contributed by atoms with E-state index in [1.165, 1.54) is 4.90 Å². The fourth-order valence-electron chi connectivity index (χ4n) is 5.07. The van der Waals surface area contributed by atoms with Gasteiger partial charge < -0.3 is 19.3 Å². The van der Waals surface area contributed by atoms with Crippen LogP contribution in [0.5, 0.6) is 5.75 Å². The highest BCUT2D eigenvalue weighted by Gasteiger charge is 2.34. The number of carbonyl (C=O) groups is 3. The quantitative estimate of drug-likeness (QED) is 0.472. The molecule has 11 nitrogen and oxygen atoms in total. The summed E-state index contributed by atoms with van der Waals surface area (Å²) >= 11 is 0. The largest absolute Gasteiger partial charge is 0.497 e. The minimum Gasteiger partial charge on any atom is -0.497 e. The van der Waals surface area contributed by atoms with E-state index >= 15 is 0 Å². The molecule has 2 aliphatic heterocycles. The molecule has 40 heavy (non-hydrogen) atoms. The highest BCUT2D eigenvalue weighted by atomic mass is 16.6. The van der Waals surface area contributed by atoms with Crippen molar-refractivity contribution in [3.8, 4) is 5.75 Å². The molecule has 0 atom stereocenters. The first-order chi connectivity index (χ1) is 19.1. The molecule has 11 heteroatoms. The number of imidazole rings is 1. The van der Waals surface area contributed by atoms with Crippen LogP contribution in [0.3, 0.4) is 0 Å². The Kier molecular flexibility index (Phi) is 7.55. The second-order valence-electron chi connectivity index (χ2n) is 11.0. The molecule has 2 fully saturated rings. The Morgan fingerprint density at radius 2 is 1.77 bits per heavy atom. The SMILES string of the molecule is COc1ccc(CN2C(=O)CCN(c3cnc4c(N5CCCN(C(=O)OC(C)(C)C)CC5)cccn34)C2=O)cc1. The van der Waals surface area contributed by atoms with Gasteiger partial charge in [0.25, 0.3) is 0 Å². The smallest absolute Gasteiger partial charge is 0.410 e. The third-order valence-electron chi connectivity index (χ3n) is 7.07. The molecule has 0 spiro atoms. The Hall–Kier alpha value is -4.28. The molecule has 0 aliphatic carbocycles. The van der Waals surface area contributed by atoms with Crippen LogP contribution in [0.15, 0.2) is 48.8 Å². The summed E-state index contributed by atoms with van der Waals surface area (Å²) in [4.78, 5) is 50.5. The number of benzene rings is 1.